The minimum absolute atomic E-state index is 0.136. The second kappa shape index (κ2) is 4.12. The van der Waals surface area contributed by atoms with Gasteiger partial charge in [-0.3, -0.25) is 9.59 Å². The number of imide groups is 1. The zero-order valence-corrected chi connectivity index (χ0v) is 11.2. The van der Waals surface area contributed by atoms with Crippen LogP contribution in [0.4, 0.5) is 0 Å². The van der Waals surface area contributed by atoms with Gasteiger partial charge in [-0.15, -0.1) is 9.35 Å². The highest BCUT2D eigenvalue weighted by Gasteiger charge is 2.40. The maximum atomic E-state index is 12.2. The molecule has 2 amide bonds. The van der Waals surface area contributed by atoms with Crippen molar-refractivity contribution < 1.29 is 22.3 Å². The fraction of sp³-hybridized carbons (Fsp3) is 0.0769. The Balaban J connectivity index is 2.21. The Morgan fingerprint density at radius 1 is 1.00 bits per heavy atom. The van der Waals surface area contributed by atoms with Crippen molar-refractivity contribution in [1.29, 1.82) is 0 Å². The van der Waals surface area contributed by atoms with Gasteiger partial charge in [0.2, 0.25) is 0 Å². The molecule has 0 atom stereocenters. The van der Waals surface area contributed by atoms with Crippen LogP contribution < -0.4 is 0 Å². The second-order valence-corrected chi connectivity index (χ2v) is 5.95. The Labute approximate surface area is 114 Å². The van der Waals surface area contributed by atoms with Gasteiger partial charge in [0.1, 0.15) is 0 Å². The predicted molar refractivity (Wildman–Crippen MR) is 70.4 cm³/mol. The lowest BCUT2D eigenvalue weighted by Crippen LogP contribution is -2.32. The van der Waals surface area contributed by atoms with E-state index in [0.29, 0.717) is 5.39 Å². The molecule has 6 nitrogen and oxygen atoms in total. The second-order valence-electron chi connectivity index (χ2n) is 4.39. The summed E-state index contributed by atoms with van der Waals surface area (Å²) in [4.78, 5) is 24.3. The van der Waals surface area contributed by atoms with Gasteiger partial charge in [-0.25, -0.2) is 0 Å². The molecular formula is C13H9NO5S. The van der Waals surface area contributed by atoms with E-state index in [0.717, 1.165) is 11.6 Å². The lowest BCUT2D eigenvalue weighted by atomic mass is 10.0. The van der Waals surface area contributed by atoms with E-state index in [1.54, 1.807) is 30.3 Å². The molecule has 1 heterocycles. The van der Waals surface area contributed by atoms with Crippen molar-refractivity contribution in [3.63, 3.8) is 0 Å². The lowest BCUT2D eigenvalue weighted by Gasteiger charge is -2.10. The van der Waals surface area contributed by atoms with Gasteiger partial charge in [-0.1, -0.05) is 30.3 Å². The molecule has 3 rings (SSSR count). The van der Waals surface area contributed by atoms with E-state index in [9.17, 15) is 18.0 Å². The van der Waals surface area contributed by atoms with Gasteiger partial charge in [-0.05, 0) is 16.8 Å². The Bertz CT molecular complexity index is 856. The Hall–Kier alpha value is -2.25. The van der Waals surface area contributed by atoms with E-state index in [4.69, 9.17) is 0 Å². The minimum Gasteiger partial charge on any atom is -0.266 e. The molecule has 0 saturated heterocycles. The zero-order valence-electron chi connectivity index (χ0n) is 10.4. The van der Waals surface area contributed by atoms with Crippen molar-refractivity contribution in [2.75, 3.05) is 6.26 Å². The van der Waals surface area contributed by atoms with Gasteiger partial charge in [0, 0.05) is 0 Å². The van der Waals surface area contributed by atoms with Crippen LogP contribution in [-0.4, -0.2) is 31.6 Å². The summed E-state index contributed by atoms with van der Waals surface area (Å²) in [7, 11) is -3.96. The van der Waals surface area contributed by atoms with Gasteiger partial charge in [0.25, 0.3) is 21.9 Å². The fourth-order valence-corrected chi connectivity index (χ4v) is 2.59. The molecule has 0 bridgehead atoms. The van der Waals surface area contributed by atoms with Crippen LogP contribution in [-0.2, 0) is 14.4 Å². The fourth-order valence-electron chi connectivity index (χ4n) is 2.19. The van der Waals surface area contributed by atoms with E-state index < -0.39 is 21.9 Å². The summed E-state index contributed by atoms with van der Waals surface area (Å²) in [5.74, 6) is -1.55. The van der Waals surface area contributed by atoms with Crippen molar-refractivity contribution in [1.82, 2.24) is 5.06 Å². The van der Waals surface area contributed by atoms with Gasteiger partial charge in [0.05, 0.1) is 17.4 Å². The van der Waals surface area contributed by atoms with Gasteiger partial charge < -0.3 is 0 Å². The average Bonchev–Trinajstić information content (AvgIpc) is 2.62. The number of amides is 2. The summed E-state index contributed by atoms with van der Waals surface area (Å²) in [6, 6.07) is 10.2. The van der Waals surface area contributed by atoms with Crippen LogP contribution in [0.2, 0.25) is 0 Å². The highest BCUT2D eigenvalue weighted by Crippen LogP contribution is 2.30. The van der Waals surface area contributed by atoms with Crippen LogP contribution in [0.15, 0.2) is 36.4 Å². The molecule has 7 heteroatoms. The molecule has 1 aliphatic heterocycles. The SMILES string of the molecule is CS(=O)(=O)ON1C(=O)c2ccc3ccccc3c2C1=O. The van der Waals surface area contributed by atoms with Gasteiger partial charge in [-0.2, -0.15) is 8.42 Å². The molecule has 0 saturated carbocycles. The van der Waals surface area contributed by atoms with Gasteiger partial charge in [0.15, 0.2) is 0 Å². The van der Waals surface area contributed by atoms with E-state index in [1.165, 1.54) is 6.07 Å². The molecule has 2 aromatic rings. The normalized spacial score (nSPS) is 14.9. The van der Waals surface area contributed by atoms with Crippen molar-refractivity contribution >= 4 is 32.7 Å². The Kier molecular flexibility index (Phi) is 2.63. The molecule has 0 fully saturated rings. The van der Waals surface area contributed by atoms with Crippen molar-refractivity contribution in [2.45, 2.75) is 0 Å². The Morgan fingerprint density at radius 3 is 2.40 bits per heavy atom. The van der Waals surface area contributed by atoms with Crippen molar-refractivity contribution in [3.8, 4) is 0 Å². The molecule has 0 radical (unpaired) electrons. The number of hydrogen-bond donors (Lipinski definition) is 0. The summed E-state index contributed by atoms with van der Waals surface area (Å²) in [5, 5.41) is 1.66. The number of rotatable bonds is 2. The van der Waals surface area contributed by atoms with Crippen LogP contribution >= 0.6 is 0 Å². The number of hydroxylamine groups is 2. The molecule has 102 valence electrons. The quantitative estimate of drug-likeness (QED) is 0.780. The predicted octanol–water partition coefficient (Wildman–Crippen LogP) is 1.33. The molecular weight excluding hydrogens is 282 g/mol. The third-order valence-electron chi connectivity index (χ3n) is 2.95. The molecule has 20 heavy (non-hydrogen) atoms. The molecule has 0 spiro atoms. The largest absolute Gasteiger partial charge is 0.287 e. The number of carbonyl (C=O) groups excluding carboxylic acids is 2. The summed E-state index contributed by atoms with van der Waals surface area (Å²) < 4.78 is 26.7. The monoisotopic (exact) mass is 291 g/mol. The van der Waals surface area contributed by atoms with Crippen LogP contribution in [0.3, 0.4) is 0 Å². The smallest absolute Gasteiger partial charge is 0.266 e. The number of benzene rings is 2. The van der Waals surface area contributed by atoms with Crippen LogP contribution in [0, 0.1) is 0 Å². The topological polar surface area (TPSA) is 80.8 Å². The zero-order chi connectivity index (χ0) is 14.5. The Morgan fingerprint density at radius 2 is 1.70 bits per heavy atom. The maximum absolute atomic E-state index is 12.2. The molecule has 1 aliphatic rings. The molecule has 0 aliphatic carbocycles. The van der Waals surface area contributed by atoms with Crippen LogP contribution in [0.1, 0.15) is 20.7 Å². The van der Waals surface area contributed by atoms with E-state index >= 15 is 0 Å². The summed E-state index contributed by atoms with van der Waals surface area (Å²) in [5.41, 5.74) is 0.300. The summed E-state index contributed by atoms with van der Waals surface area (Å²) in [6.45, 7) is 0. The van der Waals surface area contributed by atoms with Crippen LogP contribution in [0.5, 0.6) is 0 Å². The first-order valence-corrected chi connectivity index (χ1v) is 7.50. The van der Waals surface area contributed by atoms with E-state index in [2.05, 4.69) is 4.28 Å². The molecule has 0 N–H and O–H groups in total. The minimum atomic E-state index is -3.96. The molecule has 2 aromatic carbocycles. The highest BCUT2D eigenvalue weighted by molar-refractivity contribution is 7.85. The number of nitrogens with zero attached hydrogens (tertiary/aromatic N) is 1. The first-order chi connectivity index (χ1) is 9.38. The van der Waals surface area contributed by atoms with Crippen molar-refractivity contribution in [3.05, 3.63) is 47.5 Å². The maximum Gasteiger partial charge on any atom is 0.287 e. The van der Waals surface area contributed by atoms with E-state index in [-0.39, 0.29) is 16.2 Å². The summed E-state index contributed by atoms with van der Waals surface area (Å²) in [6.07, 6.45) is 0.772. The number of hydrogen-bond acceptors (Lipinski definition) is 5. The average molecular weight is 291 g/mol. The summed E-state index contributed by atoms with van der Waals surface area (Å²) >= 11 is 0. The van der Waals surface area contributed by atoms with Crippen molar-refractivity contribution in [2.24, 2.45) is 0 Å². The first-order valence-electron chi connectivity index (χ1n) is 5.68. The molecule has 0 unspecified atom stereocenters. The highest BCUT2D eigenvalue weighted by atomic mass is 32.2. The van der Waals surface area contributed by atoms with E-state index in [1.807, 2.05) is 0 Å². The third kappa shape index (κ3) is 1.87. The van der Waals surface area contributed by atoms with Crippen LogP contribution in [0.25, 0.3) is 10.8 Å². The number of carbonyl (C=O) groups is 2. The molecule has 0 aromatic heterocycles. The lowest BCUT2D eigenvalue weighted by molar-refractivity contribution is -0.00973. The standard InChI is InChI=1S/C13H9NO5S/c1-20(17,18)19-14-12(15)10-7-6-8-4-2-3-5-9(8)11(10)13(14)16/h2-7H,1H3. The third-order valence-corrected chi connectivity index (χ3v) is 3.37. The number of fused-ring (bicyclic) bond motifs is 3. The first kappa shape index (κ1) is 12.8. The van der Waals surface area contributed by atoms with Gasteiger partial charge >= 0.3 is 0 Å².